The Morgan fingerprint density at radius 1 is 1.31 bits per heavy atom. The third kappa shape index (κ3) is 3.45. The Labute approximate surface area is 166 Å². The van der Waals surface area contributed by atoms with E-state index in [9.17, 15) is 18.0 Å². The number of methoxy groups -OCH3 is 1. The first-order valence-corrected chi connectivity index (χ1v) is 10.1. The molecule has 154 valence electrons. The van der Waals surface area contributed by atoms with E-state index in [1.807, 2.05) is 30.3 Å². The lowest BCUT2D eigenvalue weighted by Crippen LogP contribution is -2.40. The number of ether oxygens (including phenoxy) is 1. The molecule has 12 heteroatoms. The molecule has 0 aliphatic carbocycles. The maximum atomic E-state index is 12.7. The molecule has 2 atom stereocenters. The van der Waals surface area contributed by atoms with Crippen LogP contribution >= 0.6 is 0 Å². The van der Waals surface area contributed by atoms with Crippen molar-refractivity contribution in [2.45, 2.75) is 25.0 Å². The van der Waals surface area contributed by atoms with Crippen molar-refractivity contribution in [2.24, 2.45) is 0 Å². The monoisotopic (exact) mass is 422 g/mol. The summed E-state index contributed by atoms with van der Waals surface area (Å²) in [6.07, 6.45) is 2.10. The van der Waals surface area contributed by atoms with Crippen LogP contribution in [0.5, 0.6) is 0 Å². The largest absolute Gasteiger partial charge is 0.467 e. The molecule has 1 saturated heterocycles. The summed E-state index contributed by atoms with van der Waals surface area (Å²) in [6, 6.07) is 6.86. The molecule has 1 unspecified atom stereocenters. The highest BCUT2D eigenvalue weighted by atomic mass is 32.3. The van der Waals surface area contributed by atoms with Crippen LogP contribution in [0.4, 0.5) is 4.79 Å². The summed E-state index contributed by atoms with van der Waals surface area (Å²) in [5.41, 5.74) is 1.95. The van der Waals surface area contributed by atoms with E-state index in [1.54, 1.807) is 4.68 Å². The maximum absolute atomic E-state index is 12.7. The minimum absolute atomic E-state index is 0.00843. The zero-order valence-electron chi connectivity index (χ0n) is 15.3. The van der Waals surface area contributed by atoms with Crippen LogP contribution in [0, 0.1) is 0 Å². The van der Waals surface area contributed by atoms with Gasteiger partial charge in [-0.2, -0.15) is 18.6 Å². The molecule has 11 nitrogen and oxygen atoms in total. The number of carbonyl (C=O) groups is 2. The minimum Gasteiger partial charge on any atom is -0.467 e. The number of esters is 1. The van der Waals surface area contributed by atoms with Crippen molar-refractivity contribution in [3.63, 3.8) is 0 Å². The summed E-state index contributed by atoms with van der Waals surface area (Å²) in [6.45, 7) is 0.423. The number of amides is 2. The van der Waals surface area contributed by atoms with Gasteiger partial charge in [-0.3, -0.25) is 9.23 Å². The van der Waals surface area contributed by atoms with Gasteiger partial charge < -0.3 is 9.64 Å². The molecular formula is C17H18N4O7S. The summed E-state index contributed by atoms with van der Waals surface area (Å²) >= 11 is 0. The highest BCUT2D eigenvalue weighted by Crippen LogP contribution is 2.44. The smallest absolute Gasteiger partial charge is 0.418 e. The molecule has 2 aromatic rings. The second-order valence-corrected chi connectivity index (χ2v) is 7.65. The second kappa shape index (κ2) is 7.13. The van der Waals surface area contributed by atoms with Gasteiger partial charge in [0.15, 0.2) is 6.04 Å². The molecule has 1 N–H and O–H groups in total. The van der Waals surface area contributed by atoms with Crippen LogP contribution in [0.2, 0.25) is 0 Å². The Morgan fingerprint density at radius 2 is 2.03 bits per heavy atom. The Bertz CT molecular complexity index is 1050. The zero-order chi connectivity index (χ0) is 20.8. The van der Waals surface area contributed by atoms with E-state index in [4.69, 9.17) is 9.29 Å². The maximum Gasteiger partial charge on any atom is 0.418 e. The number of aromatic nitrogens is 2. The molecule has 2 amide bonds. The van der Waals surface area contributed by atoms with E-state index in [2.05, 4.69) is 9.38 Å². The number of fused-ring (bicyclic) bond motifs is 4. The number of hydrogen-bond donors (Lipinski definition) is 1. The number of rotatable bonds is 6. The molecule has 2 bridgehead atoms. The normalized spacial score (nSPS) is 20.7. The molecule has 0 saturated carbocycles. The average molecular weight is 422 g/mol. The summed E-state index contributed by atoms with van der Waals surface area (Å²) < 4.78 is 42.3. The number of hydrogen-bond acceptors (Lipinski definition) is 7. The molecule has 1 fully saturated rings. The molecule has 2 aliphatic heterocycles. The predicted octanol–water partition coefficient (Wildman–Crippen LogP) is 0.867. The lowest BCUT2D eigenvalue weighted by molar-refractivity contribution is -0.146. The summed E-state index contributed by atoms with van der Waals surface area (Å²) in [7, 11) is -3.73. The van der Waals surface area contributed by atoms with E-state index >= 15 is 0 Å². The lowest BCUT2D eigenvalue weighted by Gasteiger charge is -2.29. The number of urea groups is 1. The van der Waals surface area contributed by atoms with Crippen molar-refractivity contribution in [3.05, 3.63) is 53.3 Å². The van der Waals surface area contributed by atoms with E-state index in [0.29, 0.717) is 29.3 Å². The number of benzene rings is 1. The highest BCUT2D eigenvalue weighted by Gasteiger charge is 2.54. The molecule has 29 heavy (non-hydrogen) atoms. The van der Waals surface area contributed by atoms with Gasteiger partial charge in [-0.25, -0.2) is 9.59 Å². The van der Waals surface area contributed by atoms with Crippen LogP contribution in [0.15, 0.2) is 36.5 Å². The SMILES string of the molecule is COC(=O)C1c2c(cnn2CCc2ccccc2)[C@H]2CN1C(=O)N2OS(=O)(=O)O. The number of hydroxylamine groups is 2. The molecule has 0 radical (unpaired) electrons. The van der Waals surface area contributed by atoms with Crippen molar-refractivity contribution in [1.29, 1.82) is 0 Å². The molecule has 0 spiro atoms. The van der Waals surface area contributed by atoms with E-state index < -0.39 is 34.5 Å². The number of aryl methyl sites for hydroxylation is 2. The molecule has 2 aliphatic rings. The predicted molar refractivity (Wildman–Crippen MR) is 96.4 cm³/mol. The Kier molecular flexibility index (Phi) is 4.76. The van der Waals surface area contributed by atoms with E-state index in [1.165, 1.54) is 13.3 Å². The number of carbonyl (C=O) groups excluding carboxylic acids is 2. The quantitative estimate of drug-likeness (QED) is 0.536. The summed E-state index contributed by atoms with van der Waals surface area (Å²) in [4.78, 5) is 26.3. The van der Waals surface area contributed by atoms with Crippen LogP contribution in [-0.4, -0.2) is 58.4 Å². The van der Waals surface area contributed by atoms with Gasteiger partial charge in [-0.1, -0.05) is 30.3 Å². The summed E-state index contributed by atoms with van der Waals surface area (Å²) in [5.74, 6) is -0.687. The fourth-order valence-corrected chi connectivity index (χ4v) is 4.12. The molecule has 1 aromatic carbocycles. The van der Waals surface area contributed by atoms with Gasteiger partial charge in [-0.05, 0) is 12.0 Å². The van der Waals surface area contributed by atoms with Crippen LogP contribution in [0.3, 0.4) is 0 Å². The topological polar surface area (TPSA) is 131 Å². The van der Waals surface area contributed by atoms with Gasteiger partial charge in [-0.15, -0.1) is 4.28 Å². The first-order chi connectivity index (χ1) is 13.8. The zero-order valence-corrected chi connectivity index (χ0v) is 16.2. The fourth-order valence-electron chi connectivity index (χ4n) is 3.75. The minimum atomic E-state index is -4.93. The van der Waals surface area contributed by atoms with Crippen LogP contribution < -0.4 is 0 Å². The van der Waals surface area contributed by atoms with Gasteiger partial charge in [0.25, 0.3) is 0 Å². The van der Waals surface area contributed by atoms with Gasteiger partial charge in [0.2, 0.25) is 0 Å². The van der Waals surface area contributed by atoms with Crippen LogP contribution in [0.1, 0.15) is 28.9 Å². The Balaban J connectivity index is 1.72. The van der Waals surface area contributed by atoms with Crippen LogP contribution in [0.25, 0.3) is 0 Å². The van der Waals surface area contributed by atoms with Crippen molar-refractivity contribution in [3.8, 4) is 0 Å². The Morgan fingerprint density at radius 3 is 2.69 bits per heavy atom. The molecular weight excluding hydrogens is 404 g/mol. The number of nitrogens with zero attached hydrogens (tertiary/aromatic N) is 4. The molecule has 3 heterocycles. The third-order valence-electron chi connectivity index (χ3n) is 4.98. The lowest BCUT2D eigenvalue weighted by atomic mass is 9.98. The standard InChI is InChI=1S/C17H18N4O7S/c1-27-16(22)15-14-12(9-18-20(14)8-7-11-5-3-2-4-6-11)13-10-19(15)17(23)21(13)28-29(24,25)26/h2-6,9,13,15H,7-8,10H2,1H3,(H,24,25,26)/t13-,15?/m1/s1. The van der Waals surface area contributed by atoms with Crippen molar-refractivity contribution < 1.29 is 31.6 Å². The fraction of sp³-hybridized carbons (Fsp3) is 0.353. The van der Waals surface area contributed by atoms with Gasteiger partial charge >= 0.3 is 22.4 Å². The van der Waals surface area contributed by atoms with Crippen molar-refractivity contribution in [2.75, 3.05) is 13.7 Å². The first kappa shape index (κ1) is 19.4. The average Bonchev–Trinajstić information content (AvgIpc) is 3.22. The van der Waals surface area contributed by atoms with Crippen molar-refractivity contribution in [1.82, 2.24) is 19.7 Å². The van der Waals surface area contributed by atoms with Gasteiger partial charge in [0.1, 0.15) is 6.04 Å². The first-order valence-electron chi connectivity index (χ1n) is 8.74. The third-order valence-corrected chi connectivity index (χ3v) is 5.33. The van der Waals surface area contributed by atoms with Gasteiger partial charge in [0.05, 0.1) is 25.5 Å². The molecule has 1 aromatic heterocycles. The Hall–Kier alpha value is -2.96. The van der Waals surface area contributed by atoms with Gasteiger partial charge in [0, 0.05) is 12.1 Å². The highest BCUT2D eigenvalue weighted by molar-refractivity contribution is 7.80. The van der Waals surface area contributed by atoms with E-state index in [0.717, 1.165) is 10.5 Å². The van der Waals surface area contributed by atoms with Crippen molar-refractivity contribution >= 4 is 22.4 Å². The summed E-state index contributed by atoms with van der Waals surface area (Å²) in [5, 5.41) is 4.87. The molecule has 4 rings (SSSR count). The second-order valence-electron chi connectivity index (χ2n) is 6.65. The van der Waals surface area contributed by atoms with Crippen LogP contribution in [-0.2, 0) is 37.2 Å². The van der Waals surface area contributed by atoms with E-state index in [-0.39, 0.29) is 6.54 Å².